The van der Waals surface area contributed by atoms with Crippen LogP contribution in [0.4, 0.5) is 5.69 Å². The molecule has 0 aliphatic carbocycles. The Kier molecular flexibility index (Phi) is 6.50. The number of aryl methyl sites for hydroxylation is 1. The molecule has 12 heteroatoms. The summed E-state index contributed by atoms with van der Waals surface area (Å²) in [6.07, 6.45) is 1.82. The lowest BCUT2D eigenvalue weighted by Crippen LogP contribution is -2.39. The van der Waals surface area contributed by atoms with Gasteiger partial charge in [-0.2, -0.15) is 9.10 Å². The van der Waals surface area contributed by atoms with Gasteiger partial charge in [-0.15, -0.1) is 10.2 Å². The maximum absolute atomic E-state index is 13.0. The van der Waals surface area contributed by atoms with Gasteiger partial charge in [-0.05, 0) is 67.3 Å². The Balaban J connectivity index is 1.58. The Bertz CT molecular complexity index is 1340. The minimum Gasteiger partial charge on any atom is -0.279 e. The normalized spacial score (nSPS) is 17.7. The van der Waals surface area contributed by atoms with E-state index in [2.05, 4.69) is 20.1 Å². The van der Waals surface area contributed by atoms with Crippen molar-refractivity contribution in [2.24, 2.45) is 5.92 Å². The van der Waals surface area contributed by atoms with Crippen molar-refractivity contribution in [3.63, 3.8) is 0 Å². The van der Waals surface area contributed by atoms with Gasteiger partial charge in [0.2, 0.25) is 15.8 Å². The van der Waals surface area contributed by atoms with E-state index in [1.165, 1.54) is 33.4 Å². The second-order valence-electron chi connectivity index (χ2n) is 8.03. The van der Waals surface area contributed by atoms with Crippen LogP contribution < -0.4 is 4.72 Å². The molecular weight excluding hydrogens is 464 g/mol. The van der Waals surface area contributed by atoms with Gasteiger partial charge in [0.15, 0.2) is 0 Å². The molecule has 0 saturated carbocycles. The summed E-state index contributed by atoms with van der Waals surface area (Å²) in [4.78, 5) is 1.44. The summed E-state index contributed by atoms with van der Waals surface area (Å²) in [5.74, 6) is 0.596. The van der Waals surface area contributed by atoms with Gasteiger partial charge in [0.05, 0.1) is 22.0 Å². The highest BCUT2D eigenvalue weighted by Crippen LogP contribution is 2.28. The predicted molar refractivity (Wildman–Crippen MR) is 123 cm³/mol. The molecule has 33 heavy (non-hydrogen) atoms. The van der Waals surface area contributed by atoms with E-state index in [-0.39, 0.29) is 9.79 Å². The zero-order valence-corrected chi connectivity index (χ0v) is 20.1. The molecule has 1 atom stereocenters. The van der Waals surface area contributed by atoms with Crippen molar-refractivity contribution in [3.8, 4) is 11.4 Å². The van der Waals surface area contributed by atoms with E-state index in [4.69, 9.17) is 0 Å². The topological polar surface area (TPSA) is 127 Å². The fourth-order valence-corrected chi connectivity index (χ4v) is 6.44. The lowest BCUT2D eigenvalue weighted by Gasteiger charge is -2.30. The van der Waals surface area contributed by atoms with Gasteiger partial charge in [0.25, 0.3) is 10.0 Å². The van der Waals surface area contributed by atoms with Crippen LogP contribution in [0.2, 0.25) is 0 Å². The molecule has 1 saturated heterocycles. The zero-order valence-electron chi connectivity index (χ0n) is 18.4. The molecule has 176 valence electrons. The molecule has 0 radical (unpaired) electrons. The standard InChI is InChI=1S/C21H26N6O4S2/c1-3-27-23-21(22-25-27)19-8-4-5-9-20(19)24-32(28,29)17-10-12-18(13-11-17)33(30,31)26-14-6-7-16(2)15-26/h4-5,8-13,16,24H,3,6-7,14-15H2,1-2H3. The van der Waals surface area contributed by atoms with Crippen LogP contribution in [-0.4, -0.2) is 54.4 Å². The van der Waals surface area contributed by atoms with Gasteiger partial charge < -0.3 is 0 Å². The molecule has 0 bridgehead atoms. The van der Waals surface area contributed by atoms with E-state index in [1.54, 1.807) is 24.3 Å². The highest BCUT2D eigenvalue weighted by Gasteiger charge is 2.29. The second kappa shape index (κ2) is 9.20. The molecule has 1 aliphatic heterocycles. The fourth-order valence-electron chi connectivity index (χ4n) is 3.76. The third kappa shape index (κ3) is 4.92. The Morgan fingerprint density at radius 3 is 2.39 bits per heavy atom. The summed E-state index contributed by atoms with van der Waals surface area (Å²) in [5.41, 5.74) is 0.784. The number of rotatable bonds is 7. The Morgan fingerprint density at radius 2 is 1.73 bits per heavy atom. The van der Waals surface area contributed by atoms with Crippen molar-refractivity contribution in [3.05, 3.63) is 48.5 Å². The summed E-state index contributed by atoms with van der Waals surface area (Å²) in [6, 6.07) is 12.0. The first-order chi connectivity index (χ1) is 15.7. The highest BCUT2D eigenvalue weighted by molar-refractivity contribution is 7.92. The average Bonchev–Trinajstić information content (AvgIpc) is 3.28. The predicted octanol–water partition coefficient (Wildman–Crippen LogP) is 2.58. The van der Waals surface area contributed by atoms with Gasteiger partial charge in [0.1, 0.15) is 0 Å². The number of para-hydroxylation sites is 1. The molecule has 1 unspecified atom stereocenters. The lowest BCUT2D eigenvalue weighted by molar-refractivity contribution is 0.281. The number of aromatic nitrogens is 4. The number of hydrogen-bond acceptors (Lipinski definition) is 7. The summed E-state index contributed by atoms with van der Waals surface area (Å²) in [6.45, 7) is 5.38. The van der Waals surface area contributed by atoms with E-state index in [0.29, 0.717) is 42.6 Å². The van der Waals surface area contributed by atoms with Gasteiger partial charge in [-0.3, -0.25) is 4.72 Å². The third-order valence-corrected chi connectivity index (χ3v) is 8.80. The van der Waals surface area contributed by atoms with E-state index in [9.17, 15) is 16.8 Å². The Hall–Kier alpha value is -2.83. The number of sulfonamides is 2. The molecule has 0 amide bonds. The van der Waals surface area contributed by atoms with Crippen LogP contribution in [0.1, 0.15) is 26.7 Å². The molecule has 4 rings (SSSR count). The molecule has 2 aromatic carbocycles. The molecule has 10 nitrogen and oxygen atoms in total. The van der Waals surface area contributed by atoms with Crippen LogP contribution in [0, 0.1) is 5.92 Å². The van der Waals surface area contributed by atoms with E-state index >= 15 is 0 Å². The van der Waals surface area contributed by atoms with Gasteiger partial charge in [0, 0.05) is 18.7 Å². The molecule has 2 heterocycles. The number of piperidine rings is 1. The number of hydrogen-bond donors (Lipinski definition) is 1. The first kappa shape index (κ1) is 23.3. The highest BCUT2D eigenvalue weighted by atomic mass is 32.2. The van der Waals surface area contributed by atoms with Crippen LogP contribution in [0.3, 0.4) is 0 Å². The minimum atomic E-state index is -3.98. The third-order valence-electron chi connectivity index (χ3n) is 5.54. The fraction of sp³-hybridized carbons (Fsp3) is 0.381. The monoisotopic (exact) mass is 490 g/mol. The van der Waals surface area contributed by atoms with Crippen molar-refractivity contribution in [1.29, 1.82) is 0 Å². The summed E-state index contributed by atoms with van der Waals surface area (Å²) >= 11 is 0. The van der Waals surface area contributed by atoms with Crippen LogP contribution >= 0.6 is 0 Å². The quantitative estimate of drug-likeness (QED) is 0.539. The van der Waals surface area contributed by atoms with Crippen LogP contribution in [-0.2, 0) is 26.6 Å². The molecular formula is C21H26N6O4S2. The van der Waals surface area contributed by atoms with Crippen LogP contribution in [0.5, 0.6) is 0 Å². The van der Waals surface area contributed by atoms with Crippen molar-refractivity contribution in [2.45, 2.75) is 43.0 Å². The molecule has 1 fully saturated rings. The molecule has 1 aromatic heterocycles. The first-order valence-corrected chi connectivity index (χ1v) is 13.6. The molecule has 1 N–H and O–H groups in total. The number of benzene rings is 2. The minimum absolute atomic E-state index is 0.0477. The summed E-state index contributed by atoms with van der Waals surface area (Å²) < 4.78 is 56.0. The van der Waals surface area contributed by atoms with Gasteiger partial charge in [-0.1, -0.05) is 19.1 Å². The molecule has 0 spiro atoms. The number of nitrogens with one attached hydrogen (secondary N) is 1. The molecule has 3 aromatic rings. The smallest absolute Gasteiger partial charge is 0.261 e. The van der Waals surface area contributed by atoms with Crippen molar-refractivity contribution < 1.29 is 16.8 Å². The van der Waals surface area contributed by atoms with Gasteiger partial charge in [-0.25, -0.2) is 16.8 Å². The van der Waals surface area contributed by atoms with E-state index in [1.807, 2.05) is 13.8 Å². The van der Waals surface area contributed by atoms with E-state index < -0.39 is 20.0 Å². The maximum atomic E-state index is 13.0. The van der Waals surface area contributed by atoms with Crippen LogP contribution in [0.25, 0.3) is 11.4 Å². The van der Waals surface area contributed by atoms with Crippen LogP contribution in [0.15, 0.2) is 58.3 Å². The Morgan fingerprint density at radius 1 is 1.03 bits per heavy atom. The number of nitrogens with zero attached hydrogens (tertiary/aromatic N) is 5. The maximum Gasteiger partial charge on any atom is 0.261 e. The summed E-state index contributed by atoms with van der Waals surface area (Å²) in [7, 11) is -7.65. The first-order valence-electron chi connectivity index (χ1n) is 10.7. The Labute approximate surface area is 193 Å². The van der Waals surface area contributed by atoms with Crippen molar-refractivity contribution in [1.82, 2.24) is 24.5 Å². The summed E-state index contributed by atoms with van der Waals surface area (Å²) in [5, 5.41) is 12.1. The number of anilines is 1. The lowest BCUT2D eigenvalue weighted by atomic mass is 10.0. The largest absolute Gasteiger partial charge is 0.279 e. The van der Waals surface area contributed by atoms with Crippen molar-refractivity contribution >= 4 is 25.7 Å². The van der Waals surface area contributed by atoms with Gasteiger partial charge >= 0.3 is 0 Å². The van der Waals surface area contributed by atoms with E-state index in [0.717, 1.165) is 12.8 Å². The zero-order chi connectivity index (χ0) is 23.6. The van der Waals surface area contributed by atoms with Crippen molar-refractivity contribution in [2.75, 3.05) is 17.8 Å². The molecule has 1 aliphatic rings. The SMILES string of the molecule is CCn1nnc(-c2ccccc2NS(=O)(=O)c2ccc(S(=O)(=O)N3CCCC(C)C3)cc2)n1. The average molecular weight is 491 g/mol. The second-order valence-corrected chi connectivity index (χ2v) is 11.7. The number of tetrazole rings is 1.